The van der Waals surface area contributed by atoms with Gasteiger partial charge in [0.25, 0.3) is 5.91 Å². The van der Waals surface area contributed by atoms with Gasteiger partial charge in [-0.1, -0.05) is 0 Å². The average Bonchev–Trinajstić information content (AvgIpc) is 2.44. The number of nitrogens with zero attached hydrogens (tertiary/aromatic N) is 2. The van der Waals surface area contributed by atoms with Gasteiger partial charge in [0.2, 0.25) is 0 Å². The molecule has 1 rings (SSSR count). The molecule has 0 aromatic carbocycles. The van der Waals surface area contributed by atoms with Crippen molar-refractivity contribution in [1.29, 1.82) is 0 Å². The Morgan fingerprint density at radius 3 is 2.85 bits per heavy atom. The molecule has 0 aliphatic carbocycles. The first-order chi connectivity index (χ1) is 9.56. The Labute approximate surface area is 121 Å². The van der Waals surface area contributed by atoms with E-state index in [2.05, 4.69) is 41.4 Å². The summed E-state index contributed by atoms with van der Waals surface area (Å²) in [6.45, 7) is 8.76. The molecule has 2 N–H and O–H groups in total. The van der Waals surface area contributed by atoms with Crippen molar-refractivity contribution in [2.45, 2.75) is 33.2 Å². The minimum atomic E-state index is -0.0458. The molecule has 0 aliphatic heterocycles. The summed E-state index contributed by atoms with van der Waals surface area (Å²) in [7, 11) is 2.10. The van der Waals surface area contributed by atoms with Crippen LogP contribution in [0, 0.1) is 0 Å². The van der Waals surface area contributed by atoms with Crippen LogP contribution in [0.15, 0.2) is 18.5 Å². The summed E-state index contributed by atoms with van der Waals surface area (Å²) < 4.78 is 0. The maximum absolute atomic E-state index is 12.1. The van der Waals surface area contributed by atoms with Crippen molar-refractivity contribution < 1.29 is 4.79 Å². The van der Waals surface area contributed by atoms with Crippen LogP contribution >= 0.6 is 0 Å². The van der Waals surface area contributed by atoms with Crippen molar-refractivity contribution in [3.8, 4) is 0 Å². The quantitative estimate of drug-likeness (QED) is 0.714. The number of pyridine rings is 1. The highest BCUT2D eigenvalue weighted by atomic mass is 16.1. The van der Waals surface area contributed by atoms with Gasteiger partial charge in [-0.3, -0.25) is 9.78 Å². The number of rotatable bonds is 8. The van der Waals surface area contributed by atoms with E-state index < -0.39 is 0 Å². The molecule has 112 valence electrons. The molecule has 0 saturated carbocycles. The van der Waals surface area contributed by atoms with Gasteiger partial charge in [0.15, 0.2) is 0 Å². The Balaban J connectivity index is 2.43. The van der Waals surface area contributed by atoms with Crippen molar-refractivity contribution in [2.75, 3.05) is 32.0 Å². The lowest BCUT2D eigenvalue weighted by Gasteiger charge is -2.20. The Kier molecular flexibility index (Phi) is 7.01. The normalized spacial score (nSPS) is 10.9. The third-order valence-corrected chi connectivity index (χ3v) is 3.29. The van der Waals surface area contributed by atoms with Crippen molar-refractivity contribution in [2.24, 2.45) is 0 Å². The lowest BCUT2D eigenvalue weighted by molar-refractivity contribution is 0.0952. The van der Waals surface area contributed by atoms with Crippen LogP contribution in [-0.2, 0) is 0 Å². The zero-order chi connectivity index (χ0) is 15.0. The maximum Gasteiger partial charge on any atom is 0.253 e. The monoisotopic (exact) mass is 278 g/mol. The number of carbonyl (C=O) groups excluding carboxylic acids is 1. The van der Waals surface area contributed by atoms with E-state index in [1.165, 1.54) is 0 Å². The van der Waals surface area contributed by atoms with E-state index in [1.807, 2.05) is 6.92 Å². The molecule has 1 aromatic heterocycles. The second-order valence-corrected chi connectivity index (χ2v) is 5.14. The van der Waals surface area contributed by atoms with E-state index in [9.17, 15) is 4.79 Å². The molecule has 0 radical (unpaired) electrons. The van der Waals surface area contributed by atoms with Crippen molar-refractivity contribution in [3.05, 3.63) is 24.0 Å². The number of aromatic nitrogens is 1. The first-order valence-corrected chi connectivity index (χ1v) is 7.22. The Morgan fingerprint density at radius 1 is 1.45 bits per heavy atom. The molecule has 0 unspecified atom stereocenters. The number of carbonyl (C=O) groups is 1. The van der Waals surface area contributed by atoms with Crippen LogP contribution in [0.5, 0.6) is 0 Å². The van der Waals surface area contributed by atoms with Crippen LogP contribution in [0.1, 0.15) is 37.6 Å². The lowest BCUT2D eigenvalue weighted by atomic mass is 10.2. The molecule has 5 heteroatoms. The number of amides is 1. The number of anilines is 1. The van der Waals surface area contributed by atoms with E-state index in [0.29, 0.717) is 18.2 Å². The van der Waals surface area contributed by atoms with Crippen LogP contribution in [0.2, 0.25) is 0 Å². The largest absolute Gasteiger partial charge is 0.383 e. The summed E-state index contributed by atoms with van der Waals surface area (Å²) in [5.74, 6) is -0.0458. The summed E-state index contributed by atoms with van der Waals surface area (Å²) in [6.07, 6.45) is 4.27. The SMILES string of the molecule is CCNc1cnccc1C(=O)NCCCN(C)C(C)C. The van der Waals surface area contributed by atoms with Crippen LogP contribution in [0.4, 0.5) is 5.69 Å². The molecule has 1 heterocycles. The van der Waals surface area contributed by atoms with Gasteiger partial charge in [-0.2, -0.15) is 0 Å². The molecule has 20 heavy (non-hydrogen) atoms. The van der Waals surface area contributed by atoms with Gasteiger partial charge in [-0.25, -0.2) is 0 Å². The minimum absolute atomic E-state index is 0.0458. The number of hydrogen-bond donors (Lipinski definition) is 2. The van der Waals surface area contributed by atoms with E-state index in [4.69, 9.17) is 0 Å². The van der Waals surface area contributed by atoms with E-state index >= 15 is 0 Å². The third-order valence-electron chi connectivity index (χ3n) is 3.29. The summed E-state index contributed by atoms with van der Waals surface area (Å²) >= 11 is 0. The molecule has 1 aromatic rings. The second-order valence-electron chi connectivity index (χ2n) is 5.14. The number of hydrogen-bond acceptors (Lipinski definition) is 4. The Bertz CT molecular complexity index is 420. The fraction of sp³-hybridized carbons (Fsp3) is 0.600. The first kappa shape index (κ1) is 16.4. The molecule has 0 spiro atoms. The fourth-order valence-corrected chi connectivity index (χ4v) is 1.81. The predicted octanol–water partition coefficient (Wildman–Crippen LogP) is 1.97. The smallest absolute Gasteiger partial charge is 0.253 e. The molecule has 5 nitrogen and oxygen atoms in total. The van der Waals surface area contributed by atoms with Gasteiger partial charge in [-0.05, 0) is 46.9 Å². The lowest BCUT2D eigenvalue weighted by Crippen LogP contribution is -2.31. The molecule has 0 bridgehead atoms. The van der Waals surface area contributed by atoms with Crippen molar-refractivity contribution in [3.63, 3.8) is 0 Å². The molecule has 0 saturated heterocycles. The predicted molar refractivity (Wildman–Crippen MR) is 83.1 cm³/mol. The number of nitrogens with one attached hydrogen (secondary N) is 2. The van der Waals surface area contributed by atoms with E-state index in [0.717, 1.165) is 25.2 Å². The molecule has 0 aliphatic rings. The standard InChI is InChI=1S/C15H26N4O/c1-5-17-14-11-16-9-7-13(14)15(20)18-8-6-10-19(4)12(2)3/h7,9,11-12,17H,5-6,8,10H2,1-4H3,(H,18,20). The summed E-state index contributed by atoms with van der Waals surface area (Å²) in [4.78, 5) is 18.4. The maximum atomic E-state index is 12.1. The highest BCUT2D eigenvalue weighted by molar-refractivity contribution is 5.99. The van der Waals surface area contributed by atoms with Crippen molar-refractivity contribution in [1.82, 2.24) is 15.2 Å². The summed E-state index contributed by atoms with van der Waals surface area (Å²) in [5, 5.41) is 6.11. The van der Waals surface area contributed by atoms with Gasteiger partial charge in [0.05, 0.1) is 17.4 Å². The van der Waals surface area contributed by atoms with E-state index in [1.54, 1.807) is 18.5 Å². The highest BCUT2D eigenvalue weighted by Gasteiger charge is 2.10. The van der Waals surface area contributed by atoms with Crippen LogP contribution in [0.25, 0.3) is 0 Å². The third kappa shape index (κ3) is 5.17. The summed E-state index contributed by atoms with van der Waals surface area (Å²) in [5.41, 5.74) is 1.44. The molecular formula is C15H26N4O. The van der Waals surface area contributed by atoms with Gasteiger partial charge >= 0.3 is 0 Å². The Morgan fingerprint density at radius 2 is 2.20 bits per heavy atom. The second kappa shape index (κ2) is 8.53. The van der Waals surface area contributed by atoms with Gasteiger partial charge in [0, 0.05) is 25.3 Å². The minimum Gasteiger partial charge on any atom is -0.383 e. The Hall–Kier alpha value is -1.62. The molecular weight excluding hydrogens is 252 g/mol. The topological polar surface area (TPSA) is 57.3 Å². The van der Waals surface area contributed by atoms with Crippen LogP contribution in [0.3, 0.4) is 0 Å². The highest BCUT2D eigenvalue weighted by Crippen LogP contribution is 2.12. The molecule has 0 fully saturated rings. The van der Waals surface area contributed by atoms with Crippen molar-refractivity contribution >= 4 is 11.6 Å². The van der Waals surface area contributed by atoms with Crippen LogP contribution < -0.4 is 10.6 Å². The van der Waals surface area contributed by atoms with Gasteiger partial charge in [0.1, 0.15) is 0 Å². The summed E-state index contributed by atoms with van der Waals surface area (Å²) in [6, 6.07) is 2.28. The zero-order valence-electron chi connectivity index (χ0n) is 12.9. The average molecular weight is 278 g/mol. The van der Waals surface area contributed by atoms with E-state index in [-0.39, 0.29) is 5.91 Å². The zero-order valence-corrected chi connectivity index (χ0v) is 12.9. The first-order valence-electron chi connectivity index (χ1n) is 7.22. The molecule has 1 amide bonds. The van der Waals surface area contributed by atoms with Gasteiger partial charge in [-0.15, -0.1) is 0 Å². The van der Waals surface area contributed by atoms with Gasteiger partial charge < -0.3 is 15.5 Å². The fourth-order valence-electron chi connectivity index (χ4n) is 1.81. The molecule has 0 atom stereocenters. The van der Waals surface area contributed by atoms with Crippen LogP contribution in [-0.4, -0.2) is 48.5 Å².